The summed E-state index contributed by atoms with van der Waals surface area (Å²) in [7, 11) is 0. The lowest BCUT2D eigenvalue weighted by Crippen LogP contribution is -2.46. The number of ether oxygens (including phenoxy) is 1. The van der Waals surface area contributed by atoms with E-state index in [1.54, 1.807) is 58.0 Å². The summed E-state index contributed by atoms with van der Waals surface area (Å²) in [6.45, 7) is 8.10. The molecule has 2 rings (SSSR count). The molecule has 0 aliphatic heterocycles. The van der Waals surface area contributed by atoms with Gasteiger partial charge < -0.3 is 20.3 Å². The Morgan fingerprint density at radius 1 is 1.14 bits per heavy atom. The third-order valence-electron chi connectivity index (χ3n) is 5.08. The number of nitriles is 1. The van der Waals surface area contributed by atoms with Crippen LogP contribution < -0.4 is 10.6 Å². The van der Waals surface area contributed by atoms with Crippen LogP contribution in [0.4, 0.5) is 10.5 Å². The molecule has 0 heterocycles. The highest BCUT2D eigenvalue weighted by Gasteiger charge is 2.32. The Hall–Kier alpha value is -3.57. The van der Waals surface area contributed by atoms with Crippen molar-refractivity contribution in [3.8, 4) is 6.07 Å². The molecule has 0 aromatic heterocycles. The van der Waals surface area contributed by atoms with E-state index < -0.39 is 36.1 Å². The standard InChI is InChI=1S/C26H31ClN4O4/c1-6-18-10-12-19(13-11-18)23(24(33)30-22-17(2)8-7-9-20(22)27)31(15-14-28)21(32)16-29-25(34)35-26(3,4)5/h7-13,23H,6,15-16H2,1-5H3,(H,29,34)(H,30,33). The molecule has 0 bridgehead atoms. The number of carbonyl (C=O) groups excluding carboxylic acids is 3. The minimum Gasteiger partial charge on any atom is -0.444 e. The van der Waals surface area contributed by atoms with Crippen LogP contribution >= 0.6 is 11.6 Å². The van der Waals surface area contributed by atoms with E-state index in [1.165, 1.54) is 0 Å². The van der Waals surface area contributed by atoms with Gasteiger partial charge in [-0.05, 0) is 56.9 Å². The van der Waals surface area contributed by atoms with Crippen LogP contribution in [0.2, 0.25) is 5.02 Å². The number of nitrogens with one attached hydrogen (secondary N) is 2. The third kappa shape index (κ3) is 8.01. The quantitative estimate of drug-likeness (QED) is 0.509. The Morgan fingerprint density at radius 3 is 2.34 bits per heavy atom. The lowest BCUT2D eigenvalue weighted by Gasteiger charge is -2.30. The number of para-hydroxylation sites is 1. The van der Waals surface area contributed by atoms with Crippen molar-refractivity contribution in [2.45, 2.75) is 52.7 Å². The monoisotopic (exact) mass is 498 g/mol. The minimum atomic E-state index is -1.14. The second-order valence-electron chi connectivity index (χ2n) is 8.95. The molecule has 2 N–H and O–H groups in total. The van der Waals surface area contributed by atoms with E-state index >= 15 is 0 Å². The predicted octanol–water partition coefficient (Wildman–Crippen LogP) is 4.77. The van der Waals surface area contributed by atoms with Gasteiger partial charge in [0.1, 0.15) is 24.7 Å². The zero-order chi connectivity index (χ0) is 26.2. The van der Waals surface area contributed by atoms with E-state index in [9.17, 15) is 19.6 Å². The molecule has 35 heavy (non-hydrogen) atoms. The Labute approximate surface area is 211 Å². The second kappa shape index (κ2) is 12.2. The van der Waals surface area contributed by atoms with Crippen molar-refractivity contribution in [1.29, 1.82) is 5.26 Å². The fourth-order valence-corrected chi connectivity index (χ4v) is 3.62. The highest BCUT2D eigenvalue weighted by atomic mass is 35.5. The zero-order valence-corrected chi connectivity index (χ0v) is 21.4. The van der Waals surface area contributed by atoms with Crippen LogP contribution in [0.15, 0.2) is 42.5 Å². The number of aryl methyl sites for hydroxylation is 2. The predicted molar refractivity (Wildman–Crippen MR) is 135 cm³/mol. The van der Waals surface area contributed by atoms with Gasteiger partial charge in [0.2, 0.25) is 5.91 Å². The molecule has 0 aliphatic rings. The largest absolute Gasteiger partial charge is 0.444 e. The molecular weight excluding hydrogens is 468 g/mol. The molecule has 186 valence electrons. The molecular formula is C26H31ClN4O4. The molecule has 0 saturated carbocycles. The average Bonchev–Trinajstić information content (AvgIpc) is 2.79. The second-order valence-corrected chi connectivity index (χ2v) is 9.36. The molecule has 3 amide bonds. The Kier molecular flexibility index (Phi) is 9.67. The summed E-state index contributed by atoms with van der Waals surface area (Å²) in [6, 6.07) is 13.3. The number of alkyl carbamates (subject to hydrolysis) is 1. The van der Waals surface area contributed by atoms with Gasteiger partial charge in [-0.3, -0.25) is 9.59 Å². The van der Waals surface area contributed by atoms with E-state index in [0.29, 0.717) is 16.3 Å². The Balaban J connectivity index is 2.39. The van der Waals surface area contributed by atoms with E-state index in [0.717, 1.165) is 22.4 Å². The highest BCUT2D eigenvalue weighted by Crippen LogP contribution is 2.29. The molecule has 9 heteroatoms. The maximum atomic E-state index is 13.5. The number of nitrogens with zero attached hydrogens (tertiary/aromatic N) is 2. The van der Waals surface area contributed by atoms with E-state index in [4.69, 9.17) is 16.3 Å². The van der Waals surface area contributed by atoms with Crippen molar-refractivity contribution in [1.82, 2.24) is 10.2 Å². The number of rotatable bonds is 8. The lowest BCUT2D eigenvalue weighted by molar-refractivity contribution is -0.137. The van der Waals surface area contributed by atoms with Gasteiger partial charge in [0.25, 0.3) is 5.91 Å². The van der Waals surface area contributed by atoms with Crippen molar-refractivity contribution in [3.63, 3.8) is 0 Å². The molecule has 1 atom stereocenters. The number of benzene rings is 2. The first-order chi connectivity index (χ1) is 16.5. The maximum Gasteiger partial charge on any atom is 0.408 e. The normalized spacial score (nSPS) is 11.7. The lowest BCUT2D eigenvalue weighted by atomic mass is 10.0. The topological polar surface area (TPSA) is 112 Å². The number of anilines is 1. The molecule has 2 aromatic rings. The van der Waals surface area contributed by atoms with Crippen LogP contribution in [0.1, 0.15) is 50.4 Å². The van der Waals surface area contributed by atoms with Crippen LogP contribution in [0.3, 0.4) is 0 Å². The number of carbonyl (C=O) groups is 3. The van der Waals surface area contributed by atoms with Crippen molar-refractivity contribution < 1.29 is 19.1 Å². The molecule has 0 spiro atoms. The average molecular weight is 499 g/mol. The summed E-state index contributed by atoms with van der Waals surface area (Å²) in [5.74, 6) is -1.15. The van der Waals surface area contributed by atoms with Crippen molar-refractivity contribution in [2.24, 2.45) is 0 Å². The smallest absolute Gasteiger partial charge is 0.408 e. The van der Waals surface area contributed by atoms with Gasteiger partial charge in [0.15, 0.2) is 0 Å². The molecule has 2 aromatic carbocycles. The van der Waals surface area contributed by atoms with Gasteiger partial charge in [-0.1, -0.05) is 54.9 Å². The summed E-state index contributed by atoms with van der Waals surface area (Å²) < 4.78 is 5.17. The summed E-state index contributed by atoms with van der Waals surface area (Å²) in [6.07, 6.45) is 0.0270. The SMILES string of the molecule is CCc1ccc(C(C(=O)Nc2c(C)cccc2Cl)N(CC#N)C(=O)CNC(=O)OC(C)(C)C)cc1. The molecule has 0 fully saturated rings. The van der Waals surface area contributed by atoms with Crippen LogP contribution in [-0.4, -0.2) is 41.5 Å². The number of halogens is 1. The molecule has 8 nitrogen and oxygen atoms in total. The van der Waals surface area contributed by atoms with Gasteiger partial charge in [-0.25, -0.2) is 4.79 Å². The van der Waals surface area contributed by atoms with Gasteiger partial charge in [-0.2, -0.15) is 5.26 Å². The van der Waals surface area contributed by atoms with Crippen LogP contribution in [-0.2, 0) is 20.7 Å². The Bertz CT molecular complexity index is 1080. The molecule has 0 radical (unpaired) electrons. The zero-order valence-electron chi connectivity index (χ0n) is 20.6. The number of hydrogen-bond acceptors (Lipinski definition) is 5. The first kappa shape index (κ1) is 27.7. The summed E-state index contributed by atoms with van der Waals surface area (Å²) >= 11 is 6.30. The fourth-order valence-electron chi connectivity index (χ4n) is 3.35. The fraction of sp³-hybridized carbons (Fsp3) is 0.385. The third-order valence-corrected chi connectivity index (χ3v) is 5.39. The van der Waals surface area contributed by atoms with Crippen molar-refractivity contribution >= 4 is 35.2 Å². The molecule has 0 saturated heterocycles. The van der Waals surface area contributed by atoms with E-state index in [2.05, 4.69) is 10.6 Å². The first-order valence-corrected chi connectivity index (χ1v) is 11.6. The van der Waals surface area contributed by atoms with Crippen molar-refractivity contribution in [2.75, 3.05) is 18.4 Å². The highest BCUT2D eigenvalue weighted by molar-refractivity contribution is 6.34. The van der Waals surface area contributed by atoms with Gasteiger partial charge in [-0.15, -0.1) is 0 Å². The number of amides is 3. The van der Waals surface area contributed by atoms with Crippen LogP contribution in [0.25, 0.3) is 0 Å². The van der Waals surface area contributed by atoms with Gasteiger partial charge in [0, 0.05) is 0 Å². The molecule has 0 aliphatic carbocycles. The first-order valence-electron chi connectivity index (χ1n) is 11.2. The van der Waals surface area contributed by atoms with Gasteiger partial charge in [0.05, 0.1) is 16.8 Å². The number of hydrogen-bond donors (Lipinski definition) is 2. The van der Waals surface area contributed by atoms with Crippen LogP contribution in [0.5, 0.6) is 0 Å². The van der Waals surface area contributed by atoms with Crippen molar-refractivity contribution in [3.05, 3.63) is 64.2 Å². The maximum absolute atomic E-state index is 13.5. The molecule has 1 unspecified atom stereocenters. The summed E-state index contributed by atoms with van der Waals surface area (Å²) in [5, 5.41) is 15.0. The van der Waals surface area contributed by atoms with E-state index in [1.807, 2.05) is 25.1 Å². The van der Waals surface area contributed by atoms with Crippen LogP contribution in [0, 0.1) is 18.3 Å². The summed E-state index contributed by atoms with van der Waals surface area (Å²) in [5.41, 5.74) is 2.00. The Morgan fingerprint density at radius 2 is 1.80 bits per heavy atom. The summed E-state index contributed by atoms with van der Waals surface area (Å²) in [4.78, 5) is 39.8. The van der Waals surface area contributed by atoms with E-state index in [-0.39, 0.29) is 6.54 Å². The van der Waals surface area contributed by atoms with Gasteiger partial charge >= 0.3 is 6.09 Å². The minimum absolute atomic E-state index is 0.350.